The fraction of sp³-hybridized carbons (Fsp3) is 0.125. The number of hydrogen-bond acceptors (Lipinski definition) is 5. The van der Waals surface area contributed by atoms with Crippen molar-refractivity contribution in [1.29, 1.82) is 0 Å². The van der Waals surface area contributed by atoms with Gasteiger partial charge in [-0.1, -0.05) is 84.6 Å². The summed E-state index contributed by atoms with van der Waals surface area (Å²) in [6, 6.07) is 32.8. The summed E-state index contributed by atoms with van der Waals surface area (Å²) in [5.41, 5.74) is 4.87. The van der Waals surface area contributed by atoms with Crippen LogP contribution in [-0.2, 0) is 25.3 Å². The second kappa shape index (κ2) is 11.6. The Morgan fingerprint density at radius 1 is 0.825 bits per heavy atom. The van der Waals surface area contributed by atoms with E-state index in [4.69, 9.17) is 4.98 Å². The quantitative estimate of drug-likeness (QED) is 0.179. The van der Waals surface area contributed by atoms with Gasteiger partial charge in [0.2, 0.25) is 0 Å². The zero-order valence-corrected chi connectivity index (χ0v) is 22.5. The van der Waals surface area contributed by atoms with E-state index in [-0.39, 0.29) is 11.5 Å². The third kappa shape index (κ3) is 5.67. The van der Waals surface area contributed by atoms with Gasteiger partial charge in [-0.05, 0) is 47.9 Å². The number of para-hydroxylation sites is 2. The van der Waals surface area contributed by atoms with Crippen molar-refractivity contribution in [2.45, 2.75) is 30.4 Å². The molecule has 7 nitrogen and oxygen atoms in total. The lowest BCUT2D eigenvalue weighted by Crippen LogP contribution is -2.25. The van der Waals surface area contributed by atoms with Crippen molar-refractivity contribution >= 4 is 39.6 Å². The van der Waals surface area contributed by atoms with Crippen LogP contribution in [0.25, 0.3) is 21.9 Å². The van der Waals surface area contributed by atoms with Gasteiger partial charge < -0.3 is 10.3 Å². The van der Waals surface area contributed by atoms with Crippen LogP contribution < -0.4 is 10.9 Å². The van der Waals surface area contributed by atoms with E-state index in [1.165, 1.54) is 11.8 Å². The Kier molecular flexibility index (Phi) is 7.41. The molecule has 198 valence electrons. The second-order valence-electron chi connectivity index (χ2n) is 9.48. The van der Waals surface area contributed by atoms with Gasteiger partial charge in [-0.3, -0.25) is 14.2 Å². The maximum atomic E-state index is 13.7. The first-order valence-corrected chi connectivity index (χ1v) is 14.1. The van der Waals surface area contributed by atoms with Crippen LogP contribution in [0, 0.1) is 0 Å². The molecule has 2 heterocycles. The van der Waals surface area contributed by atoms with Crippen LogP contribution in [0.4, 0.5) is 0 Å². The third-order valence-electron chi connectivity index (χ3n) is 6.72. The van der Waals surface area contributed by atoms with E-state index in [1.54, 1.807) is 22.8 Å². The molecule has 8 heteroatoms. The number of benzene rings is 4. The molecule has 0 atom stereocenters. The molecule has 0 saturated carbocycles. The Bertz CT molecular complexity index is 1820. The first-order valence-electron chi connectivity index (χ1n) is 13.1. The number of aromatic amines is 1. The molecule has 0 spiro atoms. The molecule has 0 bridgehead atoms. The van der Waals surface area contributed by atoms with Gasteiger partial charge in [-0.15, -0.1) is 0 Å². The Morgan fingerprint density at radius 3 is 2.33 bits per heavy atom. The minimum Gasteiger partial charge on any atom is -0.348 e. The van der Waals surface area contributed by atoms with Crippen molar-refractivity contribution in [3.8, 4) is 0 Å². The summed E-state index contributed by atoms with van der Waals surface area (Å²) in [6.45, 7) is 0.915. The molecule has 40 heavy (non-hydrogen) atoms. The van der Waals surface area contributed by atoms with Gasteiger partial charge in [-0.2, -0.15) is 0 Å². The number of nitrogens with one attached hydrogen (secondary N) is 2. The fourth-order valence-electron chi connectivity index (χ4n) is 4.62. The largest absolute Gasteiger partial charge is 0.348 e. The zero-order valence-electron chi connectivity index (χ0n) is 21.7. The molecule has 0 aliphatic heterocycles. The second-order valence-corrected chi connectivity index (χ2v) is 10.4. The number of amides is 1. The summed E-state index contributed by atoms with van der Waals surface area (Å²) >= 11 is 1.46. The summed E-state index contributed by atoms with van der Waals surface area (Å²) in [5.74, 6) is 1.12. The minimum atomic E-state index is -0.211. The molecule has 2 aromatic heterocycles. The molecule has 2 N–H and O–H groups in total. The van der Waals surface area contributed by atoms with Crippen molar-refractivity contribution < 1.29 is 4.79 Å². The van der Waals surface area contributed by atoms with E-state index in [0.717, 1.165) is 28.0 Å². The van der Waals surface area contributed by atoms with Gasteiger partial charge in [-0.25, -0.2) is 9.97 Å². The third-order valence-corrected chi connectivity index (χ3v) is 7.71. The monoisotopic (exact) mass is 545 g/mol. The Labute approximate surface area is 235 Å². The van der Waals surface area contributed by atoms with Gasteiger partial charge in [0.05, 0.1) is 27.7 Å². The van der Waals surface area contributed by atoms with Crippen LogP contribution in [0.3, 0.4) is 0 Å². The molecule has 1 amide bonds. The van der Waals surface area contributed by atoms with Crippen molar-refractivity contribution in [1.82, 2.24) is 24.8 Å². The lowest BCUT2D eigenvalue weighted by molar-refractivity contribution is 0.0951. The fourth-order valence-corrected chi connectivity index (χ4v) is 5.52. The van der Waals surface area contributed by atoms with E-state index in [2.05, 4.69) is 27.4 Å². The number of aryl methyl sites for hydroxylation is 1. The maximum Gasteiger partial charge on any atom is 0.262 e. The van der Waals surface area contributed by atoms with Gasteiger partial charge in [0, 0.05) is 18.7 Å². The molecule has 0 fully saturated rings. The summed E-state index contributed by atoms with van der Waals surface area (Å²) in [5, 5.41) is 4.03. The van der Waals surface area contributed by atoms with Crippen molar-refractivity contribution in [2.24, 2.45) is 0 Å². The number of fused-ring (bicyclic) bond motifs is 2. The first kappa shape index (κ1) is 25.6. The average molecular weight is 546 g/mol. The van der Waals surface area contributed by atoms with Crippen LogP contribution in [0.15, 0.2) is 113 Å². The van der Waals surface area contributed by atoms with E-state index in [9.17, 15) is 9.59 Å². The number of thioether (sulfide) groups is 1. The lowest BCUT2D eigenvalue weighted by atomic mass is 10.1. The van der Waals surface area contributed by atoms with E-state index < -0.39 is 0 Å². The molecule has 0 unspecified atom stereocenters. The predicted molar refractivity (Wildman–Crippen MR) is 159 cm³/mol. The van der Waals surface area contributed by atoms with Crippen LogP contribution in [-0.4, -0.2) is 25.4 Å². The van der Waals surface area contributed by atoms with Crippen LogP contribution in [0.1, 0.15) is 27.3 Å². The number of H-pyrrole nitrogens is 1. The lowest BCUT2D eigenvalue weighted by Gasteiger charge is -2.14. The van der Waals surface area contributed by atoms with Crippen molar-refractivity contribution in [2.75, 3.05) is 0 Å². The number of imidazole rings is 1. The summed E-state index contributed by atoms with van der Waals surface area (Å²) in [4.78, 5) is 39.5. The van der Waals surface area contributed by atoms with Gasteiger partial charge in [0.25, 0.3) is 11.5 Å². The molecule has 0 radical (unpaired) electrons. The average Bonchev–Trinajstić information content (AvgIpc) is 3.42. The predicted octanol–water partition coefficient (Wildman–Crippen LogP) is 5.74. The zero-order chi connectivity index (χ0) is 27.3. The number of carbonyl (C=O) groups excluding carboxylic acids is 1. The summed E-state index contributed by atoms with van der Waals surface area (Å²) < 4.78 is 1.73. The van der Waals surface area contributed by atoms with E-state index in [1.807, 2.05) is 72.8 Å². The molecular weight excluding hydrogens is 518 g/mol. The van der Waals surface area contributed by atoms with Crippen LogP contribution in [0.2, 0.25) is 0 Å². The van der Waals surface area contributed by atoms with Crippen LogP contribution >= 0.6 is 11.8 Å². The number of nitrogens with zero attached hydrogens (tertiary/aromatic N) is 3. The van der Waals surface area contributed by atoms with Gasteiger partial charge in [0.15, 0.2) is 5.16 Å². The Hall–Kier alpha value is -4.69. The van der Waals surface area contributed by atoms with Gasteiger partial charge in [0.1, 0.15) is 5.82 Å². The molecule has 6 rings (SSSR count). The molecule has 0 aliphatic carbocycles. The maximum absolute atomic E-state index is 13.7. The number of carbonyl (C=O) groups is 1. The molecular formula is C32H27N5O2S. The summed E-state index contributed by atoms with van der Waals surface area (Å²) in [6.07, 6.45) is 0.701. The topological polar surface area (TPSA) is 92.7 Å². The van der Waals surface area contributed by atoms with Crippen molar-refractivity contribution in [3.05, 3.63) is 136 Å². The highest BCUT2D eigenvalue weighted by Gasteiger charge is 2.15. The minimum absolute atomic E-state index is 0.121. The number of hydrogen-bond donors (Lipinski definition) is 2. The highest BCUT2D eigenvalue weighted by atomic mass is 32.2. The highest BCUT2D eigenvalue weighted by molar-refractivity contribution is 7.98. The smallest absolute Gasteiger partial charge is 0.262 e. The van der Waals surface area contributed by atoms with Crippen molar-refractivity contribution in [3.63, 3.8) is 0 Å². The van der Waals surface area contributed by atoms with E-state index >= 15 is 0 Å². The first-order chi connectivity index (χ1) is 19.6. The molecule has 0 saturated heterocycles. The van der Waals surface area contributed by atoms with Crippen LogP contribution in [0.5, 0.6) is 0 Å². The van der Waals surface area contributed by atoms with Gasteiger partial charge >= 0.3 is 0 Å². The SMILES string of the molecule is O=C(NCc1ccccc1)c1ccc2c(=O)n(CCc3ccccc3)c(SCc3nc4ccccc4[nH]3)nc2c1. The Balaban J connectivity index is 1.30. The summed E-state index contributed by atoms with van der Waals surface area (Å²) in [7, 11) is 0. The molecule has 0 aliphatic rings. The number of aromatic nitrogens is 4. The molecule has 4 aromatic carbocycles. The van der Waals surface area contributed by atoms with E-state index in [0.29, 0.717) is 46.9 Å². The Morgan fingerprint density at radius 2 is 1.55 bits per heavy atom. The highest BCUT2D eigenvalue weighted by Crippen LogP contribution is 2.23. The standard InChI is InChI=1S/C32H27N5O2S/c38-30(33-20-23-11-5-2-6-12-23)24-15-16-25-28(19-24)36-32(37(31(25)39)18-17-22-9-3-1-4-10-22)40-21-29-34-26-13-7-8-14-27(26)35-29/h1-16,19H,17-18,20-21H2,(H,33,38)(H,34,35). The number of rotatable bonds is 9. The normalized spacial score (nSPS) is 11.2. The molecule has 6 aromatic rings.